The van der Waals surface area contributed by atoms with Crippen LogP contribution in [-0.2, 0) is 5.54 Å². The average molecular weight is 361 g/mol. The molecular weight excluding hydrogens is 342 g/mol. The lowest BCUT2D eigenvalue weighted by molar-refractivity contribution is 0.269. The summed E-state index contributed by atoms with van der Waals surface area (Å²) in [7, 11) is 0. The van der Waals surface area contributed by atoms with Gasteiger partial charge in [-0.05, 0) is 43.0 Å². The summed E-state index contributed by atoms with van der Waals surface area (Å²) < 4.78 is 2.69. The maximum atomic E-state index is 13.4. The molecule has 136 valence electrons. The van der Waals surface area contributed by atoms with E-state index in [1.807, 2.05) is 13.0 Å². The zero-order chi connectivity index (χ0) is 18.8. The highest BCUT2D eigenvalue weighted by molar-refractivity contribution is 5.49. The molecular formula is C20H19N5O2. The summed E-state index contributed by atoms with van der Waals surface area (Å²) in [6.07, 6.45) is 5.41. The van der Waals surface area contributed by atoms with Crippen LogP contribution in [-0.4, -0.2) is 24.5 Å². The molecule has 3 aromatic rings. The molecule has 7 heteroatoms. The molecule has 5 rings (SSSR count). The Kier molecular flexibility index (Phi) is 3.19. The molecule has 1 aromatic carbocycles. The van der Waals surface area contributed by atoms with Crippen LogP contribution in [0.1, 0.15) is 42.7 Å². The second-order valence-electron chi connectivity index (χ2n) is 7.39. The molecule has 2 aliphatic rings. The van der Waals surface area contributed by atoms with Gasteiger partial charge in [-0.1, -0.05) is 30.4 Å². The number of fused-ring (bicyclic) bond motifs is 5. The quantitative estimate of drug-likeness (QED) is 0.724. The SMILES string of the molecule is C=C(C)C1(n2[nH]c(=O)n(-c3ccccc3)c2=O)[C@@H]2CC[C@H]1c1cnncc12. The molecule has 1 unspecified atom stereocenters. The predicted octanol–water partition coefficient (Wildman–Crippen LogP) is 2.06. The van der Waals surface area contributed by atoms with Crippen LogP contribution < -0.4 is 11.4 Å². The first-order chi connectivity index (χ1) is 13.1. The Morgan fingerprint density at radius 1 is 1.11 bits per heavy atom. The number of aromatic amines is 1. The summed E-state index contributed by atoms with van der Waals surface area (Å²) in [5, 5.41) is 10.9. The molecule has 1 N–H and O–H groups in total. The maximum Gasteiger partial charge on any atom is 0.352 e. The van der Waals surface area contributed by atoms with E-state index < -0.39 is 11.2 Å². The van der Waals surface area contributed by atoms with Gasteiger partial charge in [0.25, 0.3) is 0 Å². The number of hydrogen-bond acceptors (Lipinski definition) is 4. The van der Waals surface area contributed by atoms with Crippen LogP contribution >= 0.6 is 0 Å². The van der Waals surface area contributed by atoms with Gasteiger partial charge in [0.05, 0.1) is 18.1 Å². The second-order valence-corrected chi connectivity index (χ2v) is 7.39. The van der Waals surface area contributed by atoms with Crippen LogP contribution in [0.25, 0.3) is 5.69 Å². The summed E-state index contributed by atoms with van der Waals surface area (Å²) in [4.78, 5) is 26.1. The molecule has 2 aromatic heterocycles. The van der Waals surface area contributed by atoms with E-state index in [4.69, 9.17) is 0 Å². The Morgan fingerprint density at radius 2 is 1.70 bits per heavy atom. The normalized spacial score (nSPS) is 25.5. The number of hydrogen-bond donors (Lipinski definition) is 1. The third kappa shape index (κ3) is 1.86. The minimum absolute atomic E-state index is 0.0467. The van der Waals surface area contributed by atoms with Gasteiger partial charge in [-0.25, -0.2) is 23.9 Å². The van der Waals surface area contributed by atoms with E-state index >= 15 is 0 Å². The zero-order valence-electron chi connectivity index (χ0n) is 14.9. The van der Waals surface area contributed by atoms with Gasteiger partial charge in [0.1, 0.15) is 5.54 Å². The number of allylic oxidation sites excluding steroid dienone is 1. The molecule has 2 heterocycles. The lowest BCUT2D eigenvalue weighted by atomic mass is 9.79. The first-order valence-corrected chi connectivity index (χ1v) is 9.03. The summed E-state index contributed by atoms with van der Waals surface area (Å²) in [6, 6.07) is 8.96. The molecule has 0 spiro atoms. The number of nitrogens with zero attached hydrogens (tertiary/aromatic N) is 4. The molecule has 7 nitrogen and oxygen atoms in total. The monoisotopic (exact) mass is 361 g/mol. The number of benzene rings is 1. The summed E-state index contributed by atoms with van der Waals surface area (Å²) in [5.74, 6) is 0.0935. The van der Waals surface area contributed by atoms with E-state index in [1.54, 1.807) is 36.7 Å². The second kappa shape index (κ2) is 5.39. The van der Waals surface area contributed by atoms with E-state index in [0.29, 0.717) is 5.69 Å². The van der Waals surface area contributed by atoms with Gasteiger partial charge >= 0.3 is 11.4 Å². The van der Waals surface area contributed by atoms with Crippen LogP contribution in [0.15, 0.2) is 64.5 Å². The van der Waals surface area contributed by atoms with Gasteiger partial charge in [0, 0.05) is 11.8 Å². The lowest BCUT2D eigenvalue weighted by Crippen LogP contribution is -2.45. The first-order valence-electron chi connectivity index (χ1n) is 9.03. The first kappa shape index (κ1) is 16.0. The van der Waals surface area contributed by atoms with E-state index in [1.165, 1.54) is 9.25 Å². The highest BCUT2D eigenvalue weighted by Gasteiger charge is 2.60. The van der Waals surface area contributed by atoms with Crippen molar-refractivity contribution in [2.75, 3.05) is 0 Å². The molecule has 1 fully saturated rings. The Labute approximate surface area is 155 Å². The van der Waals surface area contributed by atoms with Crippen LogP contribution in [0, 0.1) is 0 Å². The molecule has 1 saturated carbocycles. The minimum atomic E-state index is -0.691. The van der Waals surface area contributed by atoms with Crippen molar-refractivity contribution in [1.29, 1.82) is 0 Å². The molecule has 2 bridgehead atoms. The standard InChI is InChI=1S/C20H19N5O2/c1-12(2)20(16-8-9-17(20)15-11-22-21-10-14(15)16)25-19(27)24(18(26)23-25)13-6-4-3-5-7-13/h3-7,10-11,16-17H,1,8-9H2,2H3,(H,23,26)/t16-,17+,20?. The van der Waals surface area contributed by atoms with Crippen molar-refractivity contribution in [1.82, 2.24) is 24.5 Å². The molecule has 2 aliphatic carbocycles. The maximum absolute atomic E-state index is 13.4. The van der Waals surface area contributed by atoms with Crippen molar-refractivity contribution in [3.05, 3.63) is 87.0 Å². The number of H-pyrrole nitrogens is 1. The fourth-order valence-electron chi connectivity index (χ4n) is 5.26. The van der Waals surface area contributed by atoms with Gasteiger partial charge in [-0.3, -0.25) is 0 Å². The molecule has 0 saturated heterocycles. The van der Waals surface area contributed by atoms with Crippen LogP contribution in [0.5, 0.6) is 0 Å². The summed E-state index contributed by atoms with van der Waals surface area (Å²) in [6.45, 7) is 6.16. The van der Waals surface area contributed by atoms with Crippen LogP contribution in [0.4, 0.5) is 0 Å². The summed E-state index contributed by atoms with van der Waals surface area (Å²) in [5.41, 5.74) is 2.09. The average Bonchev–Trinajstić information content (AvgIpc) is 3.30. The molecule has 0 aliphatic heterocycles. The Hall–Kier alpha value is -3.22. The van der Waals surface area contributed by atoms with Gasteiger partial charge < -0.3 is 0 Å². The Balaban J connectivity index is 1.79. The minimum Gasteiger partial charge on any atom is -0.246 e. The third-order valence-electron chi connectivity index (χ3n) is 6.21. The highest BCUT2D eigenvalue weighted by atomic mass is 16.2. The largest absolute Gasteiger partial charge is 0.352 e. The van der Waals surface area contributed by atoms with Crippen molar-refractivity contribution < 1.29 is 0 Å². The molecule has 0 radical (unpaired) electrons. The van der Waals surface area contributed by atoms with E-state index in [9.17, 15) is 9.59 Å². The van der Waals surface area contributed by atoms with Gasteiger partial charge in [-0.2, -0.15) is 10.2 Å². The Morgan fingerprint density at radius 3 is 2.26 bits per heavy atom. The lowest BCUT2D eigenvalue weighted by Gasteiger charge is -2.35. The van der Waals surface area contributed by atoms with Crippen molar-refractivity contribution >= 4 is 0 Å². The van der Waals surface area contributed by atoms with Crippen LogP contribution in [0.3, 0.4) is 0 Å². The third-order valence-corrected chi connectivity index (χ3v) is 6.21. The van der Waals surface area contributed by atoms with Gasteiger partial charge in [-0.15, -0.1) is 0 Å². The van der Waals surface area contributed by atoms with Crippen molar-refractivity contribution in [2.45, 2.75) is 37.1 Å². The van der Waals surface area contributed by atoms with E-state index in [-0.39, 0.29) is 17.5 Å². The fraction of sp³-hybridized carbons (Fsp3) is 0.300. The predicted molar refractivity (Wildman–Crippen MR) is 100 cm³/mol. The smallest absolute Gasteiger partial charge is 0.246 e. The highest BCUT2D eigenvalue weighted by Crippen LogP contribution is 2.64. The Bertz CT molecular complexity index is 1140. The van der Waals surface area contributed by atoms with Crippen molar-refractivity contribution in [3.8, 4) is 5.69 Å². The number of rotatable bonds is 3. The fourth-order valence-corrected chi connectivity index (χ4v) is 5.26. The van der Waals surface area contributed by atoms with E-state index in [2.05, 4.69) is 21.9 Å². The van der Waals surface area contributed by atoms with Crippen molar-refractivity contribution in [2.24, 2.45) is 0 Å². The number of para-hydroxylation sites is 1. The number of aromatic nitrogens is 5. The molecule has 3 atom stereocenters. The molecule has 0 amide bonds. The van der Waals surface area contributed by atoms with Gasteiger partial charge in [0.2, 0.25) is 0 Å². The van der Waals surface area contributed by atoms with Gasteiger partial charge in [0.15, 0.2) is 0 Å². The number of nitrogens with one attached hydrogen (secondary N) is 1. The van der Waals surface area contributed by atoms with E-state index in [0.717, 1.165) is 29.5 Å². The van der Waals surface area contributed by atoms with Crippen molar-refractivity contribution in [3.63, 3.8) is 0 Å². The topological polar surface area (TPSA) is 85.6 Å². The molecule has 27 heavy (non-hydrogen) atoms. The summed E-state index contributed by atoms with van der Waals surface area (Å²) >= 11 is 0. The zero-order valence-corrected chi connectivity index (χ0v) is 14.9. The van der Waals surface area contributed by atoms with Crippen LogP contribution in [0.2, 0.25) is 0 Å².